The van der Waals surface area contributed by atoms with Gasteiger partial charge in [0.15, 0.2) is 0 Å². The Morgan fingerprint density at radius 1 is 1.47 bits per heavy atom. The van der Waals surface area contributed by atoms with Gasteiger partial charge in [-0.3, -0.25) is 4.79 Å². The summed E-state index contributed by atoms with van der Waals surface area (Å²) in [5, 5.41) is 9.17. The van der Waals surface area contributed by atoms with Crippen LogP contribution in [0, 0.1) is 5.92 Å². The summed E-state index contributed by atoms with van der Waals surface area (Å²) in [5.41, 5.74) is 2.58. The molecule has 1 aliphatic carbocycles. The number of hydrogen-bond donors (Lipinski definition) is 1. The highest BCUT2D eigenvalue weighted by atomic mass is 16.4. The Bertz CT molecular complexity index is 371. The molecule has 1 N–H and O–H groups in total. The van der Waals surface area contributed by atoms with Gasteiger partial charge < -0.3 is 5.11 Å². The molecular formula is C13H16O2. The van der Waals surface area contributed by atoms with Crippen LogP contribution in [0.5, 0.6) is 0 Å². The lowest BCUT2D eigenvalue weighted by molar-refractivity contribution is -0.143. The standard InChI is InChI=1S/C13H16O2/c1-2-10-11-6-4-3-5-9(11)7-8-12(10)13(14)15/h3-6,10,12H,2,7-8H2,1H3,(H,14,15). The van der Waals surface area contributed by atoms with Crippen LogP contribution in [-0.2, 0) is 11.2 Å². The normalized spacial score (nSPS) is 24.6. The van der Waals surface area contributed by atoms with Gasteiger partial charge >= 0.3 is 5.97 Å². The molecule has 0 amide bonds. The molecule has 0 radical (unpaired) electrons. The number of fused-ring (bicyclic) bond motifs is 1. The topological polar surface area (TPSA) is 37.3 Å². The summed E-state index contributed by atoms with van der Waals surface area (Å²) in [6.07, 6.45) is 2.60. The highest BCUT2D eigenvalue weighted by Crippen LogP contribution is 2.38. The van der Waals surface area contributed by atoms with Gasteiger partial charge in [-0.25, -0.2) is 0 Å². The van der Waals surface area contributed by atoms with E-state index < -0.39 is 5.97 Å². The first-order valence-corrected chi connectivity index (χ1v) is 5.54. The number of aryl methyl sites for hydroxylation is 1. The second-order valence-corrected chi connectivity index (χ2v) is 4.20. The van der Waals surface area contributed by atoms with E-state index in [1.165, 1.54) is 11.1 Å². The third kappa shape index (κ3) is 1.76. The molecular weight excluding hydrogens is 188 g/mol. The quantitative estimate of drug-likeness (QED) is 0.804. The zero-order chi connectivity index (χ0) is 10.8. The lowest BCUT2D eigenvalue weighted by Gasteiger charge is -2.30. The van der Waals surface area contributed by atoms with Crippen molar-refractivity contribution in [2.24, 2.45) is 5.92 Å². The van der Waals surface area contributed by atoms with Crippen molar-refractivity contribution in [2.75, 3.05) is 0 Å². The lowest BCUT2D eigenvalue weighted by atomic mass is 9.74. The van der Waals surface area contributed by atoms with E-state index in [4.69, 9.17) is 5.11 Å². The van der Waals surface area contributed by atoms with E-state index in [0.29, 0.717) is 0 Å². The maximum atomic E-state index is 11.1. The molecule has 1 aromatic carbocycles. The predicted octanol–water partition coefficient (Wildman–Crippen LogP) is 2.83. The molecule has 0 bridgehead atoms. The number of carbonyl (C=O) groups is 1. The van der Waals surface area contributed by atoms with Crippen molar-refractivity contribution in [1.29, 1.82) is 0 Å². The van der Waals surface area contributed by atoms with Crippen LogP contribution in [-0.4, -0.2) is 11.1 Å². The molecule has 2 atom stereocenters. The molecule has 0 spiro atoms. The molecule has 2 rings (SSSR count). The maximum absolute atomic E-state index is 11.1. The fourth-order valence-electron chi connectivity index (χ4n) is 2.65. The van der Waals surface area contributed by atoms with Gasteiger partial charge in [0.25, 0.3) is 0 Å². The highest BCUT2D eigenvalue weighted by molar-refractivity contribution is 5.72. The molecule has 1 aliphatic rings. The third-order valence-electron chi connectivity index (χ3n) is 3.42. The number of hydrogen-bond acceptors (Lipinski definition) is 1. The third-order valence-corrected chi connectivity index (χ3v) is 3.42. The van der Waals surface area contributed by atoms with E-state index in [0.717, 1.165) is 19.3 Å². The summed E-state index contributed by atoms with van der Waals surface area (Å²) in [7, 11) is 0. The van der Waals surface area contributed by atoms with Gasteiger partial charge in [0, 0.05) is 0 Å². The summed E-state index contributed by atoms with van der Waals surface area (Å²) in [4.78, 5) is 11.1. The molecule has 0 saturated heterocycles. The van der Waals surface area contributed by atoms with Gasteiger partial charge in [-0.15, -0.1) is 0 Å². The van der Waals surface area contributed by atoms with Gasteiger partial charge in [-0.2, -0.15) is 0 Å². The number of carboxylic acid groups (broad SMARTS) is 1. The Morgan fingerprint density at radius 2 is 2.20 bits per heavy atom. The molecule has 15 heavy (non-hydrogen) atoms. The van der Waals surface area contributed by atoms with Gasteiger partial charge in [0.1, 0.15) is 0 Å². The van der Waals surface area contributed by atoms with Gasteiger partial charge in [-0.05, 0) is 36.3 Å². The summed E-state index contributed by atoms with van der Waals surface area (Å²) in [6, 6.07) is 8.24. The molecule has 2 unspecified atom stereocenters. The first-order valence-electron chi connectivity index (χ1n) is 5.54. The Hall–Kier alpha value is -1.31. The lowest BCUT2D eigenvalue weighted by Crippen LogP contribution is -2.27. The van der Waals surface area contributed by atoms with E-state index in [2.05, 4.69) is 19.1 Å². The zero-order valence-electron chi connectivity index (χ0n) is 8.94. The molecule has 2 nitrogen and oxygen atoms in total. The Labute approximate surface area is 89.9 Å². The smallest absolute Gasteiger partial charge is 0.307 e. The minimum Gasteiger partial charge on any atom is -0.481 e. The van der Waals surface area contributed by atoms with Crippen LogP contribution in [0.1, 0.15) is 36.8 Å². The average Bonchev–Trinajstić information content (AvgIpc) is 2.27. The van der Waals surface area contributed by atoms with Crippen LogP contribution in [0.3, 0.4) is 0 Å². The molecule has 0 fully saturated rings. The van der Waals surface area contributed by atoms with Gasteiger partial charge in [-0.1, -0.05) is 31.2 Å². The second-order valence-electron chi connectivity index (χ2n) is 4.20. The van der Waals surface area contributed by atoms with Crippen molar-refractivity contribution in [3.8, 4) is 0 Å². The van der Waals surface area contributed by atoms with Crippen molar-refractivity contribution >= 4 is 5.97 Å². The molecule has 0 heterocycles. The minimum atomic E-state index is -0.642. The van der Waals surface area contributed by atoms with Crippen LogP contribution >= 0.6 is 0 Å². The second kappa shape index (κ2) is 4.05. The predicted molar refractivity (Wildman–Crippen MR) is 58.9 cm³/mol. The van der Waals surface area contributed by atoms with E-state index in [-0.39, 0.29) is 11.8 Å². The summed E-state index contributed by atoms with van der Waals surface area (Å²) >= 11 is 0. The summed E-state index contributed by atoms with van der Waals surface area (Å²) in [6.45, 7) is 2.07. The van der Waals surface area contributed by atoms with Crippen LogP contribution in [0.25, 0.3) is 0 Å². The average molecular weight is 204 g/mol. The van der Waals surface area contributed by atoms with Crippen LogP contribution < -0.4 is 0 Å². The summed E-state index contributed by atoms with van der Waals surface area (Å²) < 4.78 is 0. The fraction of sp³-hybridized carbons (Fsp3) is 0.462. The van der Waals surface area contributed by atoms with Gasteiger partial charge in [0.2, 0.25) is 0 Å². The molecule has 80 valence electrons. The van der Waals surface area contributed by atoms with E-state index in [9.17, 15) is 4.79 Å². The van der Waals surface area contributed by atoms with Crippen molar-refractivity contribution in [1.82, 2.24) is 0 Å². The van der Waals surface area contributed by atoms with E-state index in [1.54, 1.807) is 0 Å². The Morgan fingerprint density at radius 3 is 2.87 bits per heavy atom. The first-order chi connectivity index (χ1) is 7.24. The number of rotatable bonds is 2. The highest BCUT2D eigenvalue weighted by Gasteiger charge is 2.32. The fourth-order valence-corrected chi connectivity index (χ4v) is 2.65. The van der Waals surface area contributed by atoms with Gasteiger partial charge in [0.05, 0.1) is 5.92 Å². The van der Waals surface area contributed by atoms with E-state index in [1.807, 2.05) is 12.1 Å². The number of benzene rings is 1. The number of carboxylic acids is 1. The molecule has 0 aromatic heterocycles. The molecule has 0 aliphatic heterocycles. The minimum absolute atomic E-state index is 0.190. The largest absolute Gasteiger partial charge is 0.481 e. The van der Waals surface area contributed by atoms with Crippen molar-refractivity contribution in [3.63, 3.8) is 0 Å². The molecule has 1 aromatic rings. The van der Waals surface area contributed by atoms with E-state index >= 15 is 0 Å². The molecule has 2 heteroatoms. The Balaban J connectivity index is 2.38. The van der Waals surface area contributed by atoms with Crippen LogP contribution in [0.4, 0.5) is 0 Å². The van der Waals surface area contributed by atoms with Crippen molar-refractivity contribution in [3.05, 3.63) is 35.4 Å². The van der Waals surface area contributed by atoms with Crippen molar-refractivity contribution < 1.29 is 9.90 Å². The SMILES string of the molecule is CCC1c2ccccc2CCC1C(=O)O. The maximum Gasteiger partial charge on any atom is 0.307 e. The van der Waals surface area contributed by atoms with Crippen molar-refractivity contribution in [2.45, 2.75) is 32.1 Å². The van der Waals surface area contributed by atoms with Crippen LogP contribution in [0.2, 0.25) is 0 Å². The summed E-state index contributed by atoms with van der Waals surface area (Å²) in [5.74, 6) is -0.631. The zero-order valence-corrected chi connectivity index (χ0v) is 8.94. The monoisotopic (exact) mass is 204 g/mol. The first kappa shape index (κ1) is 10.2. The Kier molecular flexibility index (Phi) is 2.76. The number of aliphatic carboxylic acids is 1. The van der Waals surface area contributed by atoms with Crippen LogP contribution in [0.15, 0.2) is 24.3 Å². The molecule has 0 saturated carbocycles.